The molecule has 26 heavy (non-hydrogen) atoms. The number of nitrogens with zero attached hydrogens (tertiary/aromatic N) is 4. The SMILES string of the molecule is CC(=O)N[C@H](C)c1ccc(C(=O)Cn2nnc(-c3ccccc3)n2)cc1. The van der Waals surface area contributed by atoms with Gasteiger partial charge in [0.25, 0.3) is 0 Å². The number of carbonyl (C=O) groups excluding carboxylic acids is 2. The van der Waals surface area contributed by atoms with Crippen LogP contribution in [0.3, 0.4) is 0 Å². The Morgan fingerprint density at radius 2 is 1.77 bits per heavy atom. The molecule has 0 bridgehead atoms. The van der Waals surface area contributed by atoms with Crippen LogP contribution in [0.5, 0.6) is 0 Å². The van der Waals surface area contributed by atoms with Crippen molar-refractivity contribution in [3.8, 4) is 11.4 Å². The van der Waals surface area contributed by atoms with Crippen LogP contribution in [0, 0.1) is 0 Å². The Kier molecular flexibility index (Phi) is 5.17. The number of tetrazole rings is 1. The van der Waals surface area contributed by atoms with Gasteiger partial charge >= 0.3 is 0 Å². The zero-order valence-electron chi connectivity index (χ0n) is 14.6. The molecule has 132 valence electrons. The van der Waals surface area contributed by atoms with E-state index in [0.29, 0.717) is 11.4 Å². The van der Waals surface area contributed by atoms with Crippen molar-refractivity contribution in [1.29, 1.82) is 0 Å². The van der Waals surface area contributed by atoms with Gasteiger partial charge in [-0.3, -0.25) is 9.59 Å². The summed E-state index contributed by atoms with van der Waals surface area (Å²) in [5.74, 6) is 0.280. The molecule has 0 radical (unpaired) electrons. The van der Waals surface area contributed by atoms with Crippen LogP contribution in [0.4, 0.5) is 0 Å². The predicted octanol–water partition coefficient (Wildman–Crippen LogP) is 2.42. The molecular weight excluding hydrogens is 330 g/mol. The lowest BCUT2D eigenvalue weighted by atomic mass is 10.0. The van der Waals surface area contributed by atoms with Gasteiger partial charge in [0, 0.05) is 18.1 Å². The molecule has 0 unspecified atom stereocenters. The topological polar surface area (TPSA) is 89.8 Å². The smallest absolute Gasteiger partial charge is 0.217 e. The molecule has 0 spiro atoms. The number of hydrogen-bond donors (Lipinski definition) is 1. The quantitative estimate of drug-likeness (QED) is 0.690. The van der Waals surface area contributed by atoms with Crippen molar-refractivity contribution in [2.45, 2.75) is 26.4 Å². The monoisotopic (exact) mass is 349 g/mol. The highest BCUT2D eigenvalue weighted by atomic mass is 16.1. The predicted molar refractivity (Wildman–Crippen MR) is 96.3 cm³/mol. The zero-order chi connectivity index (χ0) is 18.5. The number of rotatable bonds is 6. The van der Waals surface area contributed by atoms with E-state index in [1.807, 2.05) is 49.4 Å². The molecule has 1 amide bonds. The van der Waals surface area contributed by atoms with Crippen LogP contribution in [-0.2, 0) is 11.3 Å². The molecule has 7 heteroatoms. The van der Waals surface area contributed by atoms with Gasteiger partial charge in [0.2, 0.25) is 11.7 Å². The largest absolute Gasteiger partial charge is 0.350 e. The first kappa shape index (κ1) is 17.5. The number of amides is 1. The third-order valence-corrected chi connectivity index (χ3v) is 3.92. The summed E-state index contributed by atoms with van der Waals surface area (Å²) in [7, 11) is 0. The highest BCUT2D eigenvalue weighted by Crippen LogP contribution is 2.15. The molecule has 7 nitrogen and oxygen atoms in total. The summed E-state index contributed by atoms with van der Waals surface area (Å²) < 4.78 is 0. The van der Waals surface area contributed by atoms with Crippen LogP contribution in [0.1, 0.15) is 35.8 Å². The van der Waals surface area contributed by atoms with E-state index in [1.54, 1.807) is 12.1 Å². The third kappa shape index (κ3) is 4.18. The van der Waals surface area contributed by atoms with E-state index in [-0.39, 0.29) is 24.3 Å². The van der Waals surface area contributed by atoms with Gasteiger partial charge in [-0.05, 0) is 17.7 Å². The van der Waals surface area contributed by atoms with Crippen molar-refractivity contribution in [2.75, 3.05) is 0 Å². The van der Waals surface area contributed by atoms with Gasteiger partial charge in [-0.2, -0.15) is 4.80 Å². The normalized spacial score (nSPS) is 11.8. The van der Waals surface area contributed by atoms with E-state index < -0.39 is 0 Å². The van der Waals surface area contributed by atoms with Crippen LogP contribution in [0.25, 0.3) is 11.4 Å². The zero-order valence-corrected chi connectivity index (χ0v) is 14.6. The molecule has 3 aromatic rings. The number of carbonyl (C=O) groups is 2. The molecule has 1 aromatic heterocycles. The lowest BCUT2D eigenvalue weighted by Crippen LogP contribution is -2.23. The Morgan fingerprint density at radius 3 is 2.42 bits per heavy atom. The standard InChI is InChI=1S/C19H19N5O2/c1-13(20-14(2)25)15-8-10-16(11-9-15)18(26)12-24-22-19(21-23-24)17-6-4-3-5-7-17/h3-11,13H,12H2,1-2H3,(H,20,25)/t13-/m1/s1. The minimum Gasteiger partial charge on any atom is -0.350 e. The van der Waals surface area contributed by atoms with Crippen molar-refractivity contribution in [3.05, 3.63) is 65.7 Å². The molecule has 0 saturated carbocycles. The molecule has 0 aliphatic carbocycles. The molecule has 0 fully saturated rings. The average Bonchev–Trinajstić information content (AvgIpc) is 3.10. The summed E-state index contributed by atoms with van der Waals surface area (Å²) in [6.07, 6.45) is 0. The van der Waals surface area contributed by atoms with E-state index in [4.69, 9.17) is 0 Å². The third-order valence-electron chi connectivity index (χ3n) is 3.92. The van der Waals surface area contributed by atoms with Gasteiger partial charge in [-0.25, -0.2) is 0 Å². The lowest BCUT2D eigenvalue weighted by molar-refractivity contribution is -0.119. The number of Topliss-reactive ketones (excluding diaryl/α,β-unsaturated/α-hetero) is 1. The van der Waals surface area contributed by atoms with Gasteiger partial charge in [-0.15, -0.1) is 10.2 Å². The van der Waals surface area contributed by atoms with Gasteiger partial charge in [0.1, 0.15) is 6.54 Å². The van der Waals surface area contributed by atoms with Crippen molar-refractivity contribution in [2.24, 2.45) is 0 Å². The Hall–Kier alpha value is -3.35. The summed E-state index contributed by atoms with van der Waals surface area (Å²) in [6.45, 7) is 3.38. The molecule has 1 heterocycles. The number of benzene rings is 2. The van der Waals surface area contributed by atoms with Crippen molar-refractivity contribution >= 4 is 11.7 Å². The highest BCUT2D eigenvalue weighted by molar-refractivity contribution is 5.95. The van der Waals surface area contributed by atoms with E-state index in [0.717, 1.165) is 11.1 Å². The molecule has 3 rings (SSSR count). The molecule has 1 atom stereocenters. The first-order chi connectivity index (χ1) is 12.5. The minimum atomic E-state index is -0.110. The second-order valence-electron chi connectivity index (χ2n) is 5.98. The van der Waals surface area contributed by atoms with Gasteiger partial charge < -0.3 is 5.32 Å². The second-order valence-corrected chi connectivity index (χ2v) is 5.98. The molecular formula is C19H19N5O2. The number of nitrogens with one attached hydrogen (secondary N) is 1. The van der Waals surface area contributed by atoms with Crippen molar-refractivity contribution in [3.63, 3.8) is 0 Å². The maximum absolute atomic E-state index is 12.4. The molecule has 0 saturated heterocycles. The van der Waals surface area contributed by atoms with E-state index in [1.165, 1.54) is 11.7 Å². The molecule has 1 N–H and O–H groups in total. The van der Waals surface area contributed by atoms with E-state index >= 15 is 0 Å². The van der Waals surface area contributed by atoms with Crippen LogP contribution in [-0.4, -0.2) is 31.9 Å². The Morgan fingerprint density at radius 1 is 1.08 bits per heavy atom. The number of ketones is 1. The second kappa shape index (κ2) is 7.69. The fourth-order valence-corrected chi connectivity index (χ4v) is 2.58. The van der Waals surface area contributed by atoms with Crippen LogP contribution in [0.15, 0.2) is 54.6 Å². The number of hydrogen-bond acceptors (Lipinski definition) is 5. The fraction of sp³-hybridized carbons (Fsp3) is 0.211. The van der Waals surface area contributed by atoms with Crippen LogP contribution < -0.4 is 5.32 Å². The molecule has 0 aliphatic rings. The van der Waals surface area contributed by atoms with Crippen molar-refractivity contribution in [1.82, 2.24) is 25.5 Å². The minimum absolute atomic E-state index is 0.0143. The van der Waals surface area contributed by atoms with Gasteiger partial charge in [0.05, 0.1) is 6.04 Å². The maximum Gasteiger partial charge on any atom is 0.217 e. The Balaban J connectivity index is 1.67. The van der Waals surface area contributed by atoms with Crippen LogP contribution >= 0.6 is 0 Å². The van der Waals surface area contributed by atoms with E-state index in [9.17, 15) is 9.59 Å². The summed E-state index contributed by atoms with van der Waals surface area (Å²) in [4.78, 5) is 24.8. The summed E-state index contributed by atoms with van der Waals surface area (Å²) in [5.41, 5.74) is 2.34. The fourth-order valence-electron chi connectivity index (χ4n) is 2.58. The summed E-state index contributed by atoms with van der Waals surface area (Å²) in [5, 5.41) is 15.0. The molecule has 0 aliphatic heterocycles. The Labute approximate surface area is 151 Å². The average molecular weight is 349 g/mol. The summed E-state index contributed by atoms with van der Waals surface area (Å²) >= 11 is 0. The van der Waals surface area contributed by atoms with Gasteiger partial charge in [0.15, 0.2) is 5.78 Å². The Bertz CT molecular complexity index is 903. The van der Waals surface area contributed by atoms with E-state index in [2.05, 4.69) is 20.7 Å². The number of aromatic nitrogens is 4. The van der Waals surface area contributed by atoms with Gasteiger partial charge in [-0.1, -0.05) is 54.6 Å². The van der Waals surface area contributed by atoms with Crippen molar-refractivity contribution < 1.29 is 9.59 Å². The maximum atomic E-state index is 12.4. The summed E-state index contributed by atoms with van der Waals surface area (Å²) in [6, 6.07) is 16.5. The highest BCUT2D eigenvalue weighted by Gasteiger charge is 2.12. The van der Waals surface area contributed by atoms with Crippen LogP contribution in [0.2, 0.25) is 0 Å². The molecule has 2 aromatic carbocycles. The first-order valence-corrected chi connectivity index (χ1v) is 8.26. The first-order valence-electron chi connectivity index (χ1n) is 8.26. The lowest BCUT2D eigenvalue weighted by Gasteiger charge is -2.13.